The number of imide groups is 1. The average molecular weight is 186 g/mol. The lowest BCUT2D eigenvalue weighted by Crippen LogP contribution is -2.25. The van der Waals surface area contributed by atoms with Crippen LogP contribution in [0.5, 0.6) is 0 Å². The molecule has 4 amide bonds. The molecule has 0 saturated carbocycles. The van der Waals surface area contributed by atoms with E-state index in [9.17, 15) is 14.4 Å². The number of hydrogen-bond acceptors (Lipinski definition) is 4. The lowest BCUT2D eigenvalue weighted by atomic mass is 10.5. The molecule has 0 aliphatic carbocycles. The Morgan fingerprint density at radius 1 is 1.08 bits per heavy atom. The number of amides is 4. The van der Waals surface area contributed by atoms with E-state index in [-0.39, 0.29) is 18.4 Å². The zero-order valence-corrected chi connectivity index (χ0v) is 6.85. The Kier molecular flexibility index (Phi) is 3.21. The zero-order chi connectivity index (χ0) is 9.68. The topological polar surface area (TPSA) is 99.3 Å². The summed E-state index contributed by atoms with van der Waals surface area (Å²) in [5.41, 5.74) is 5.10. The highest BCUT2D eigenvalue weighted by Gasteiger charge is 2.14. The minimum absolute atomic E-state index is 0.0926. The van der Waals surface area contributed by atoms with Gasteiger partial charge in [0.2, 0.25) is 11.8 Å². The summed E-state index contributed by atoms with van der Waals surface area (Å²) >= 11 is 0. The van der Waals surface area contributed by atoms with E-state index in [0.29, 0.717) is 6.42 Å². The Hall–Kier alpha value is -1.63. The highest BCUT2D eigenvalue weighted by molar-refractivity contribution is 6.01. The molecule has 7 nitrogen and oxygen atoms in total. The van der Waals surface area contributed by atoms with Crippen LogP contribution < -0.4 is 21.5 Å². The van der Waals surface area contributed by atoms with Crippen molar-refractivity contribution in [3.05, 3.63) is 0 Å². The minimum Gasteiger partial charge on any atom is -0.329 e. The van der Waals surface area contributed by atoms with E-state index in [1.165, 1.54) is 0 Å². The van der Waals surface area contributed by atoms with Gasteiger partial charge in [-0.1, -0.05) is 0 Å². The summed E-state index contributed by atoms with van der Waals surface area (Å²) < 4.78 is 0. The first kappa shape index (κ1) is 9.46. The smallest absolute Gasteiger partial charge is 0.321 e. The molecule has 2 heterocycles. The predicted molar refractivity (Wildman–Crippen MR) is 42.3 cm³/mol. The molecule has 4 N–H and O–H groups in total. The van der Waals surface area contributed by atoms with Crippen molar-refractivity contribution in [3.63, 3.8) is 0 Å². The van der Waals surface area contributed by atoms with Crippen LogP contribution in [-0.4, -0.2) is 30.9 Å². The monoisotopic (exact) mass is 186 g/mol. The Labute approximate surface area is 74.2 Å². The summed E-state index contributed by atoms with van der Waals surface area (Å²) in [4.78, 5) is 30.1. The summed E-state index contributed by atoms with van der Waals surface area (Å²) in [7, 11) is 0. The molecule has 0 aromatic heterocycles. The maximum atomic E-state index is 10.1. The van der Waals surface area contributed by atoms with E-state index in [1.807, 2.05) is 5.32 Å². The normalized spacial score (nSPS) is 19.8. The molecule has 2 aliphatic rings. The van der Waals surface area contributed by atoms with Gasteiger partial charge in [0.05, 0.1) is 6.54 Å². The van der Waals surface area contributed by atoms with Crippen molar-refractivity contribution in [2.75, 3.05) is 13.1 Å². The standard InChI is InChI=1S/C3H4N2O2.C3H6N2O/c6-2-1-4-3(7)5-2;6-3-1-2-4-5-3/h1H2,(H2,4,5,6,7);4H,1-2H2,(H,5,6). The molecule has 0 atom stereocenters. The summed E-state index contributed by atoms with van der Waals surface area (Å²) in [6, 6.07) is -0.398. The molecule has 7 heteroatoms. The average Bonchev–Trinajstić information content (AvgIpc) is 2.64. The van der Waals surface area contributed by atoms with Gasteiger partial charge < -0.3 is 5.32 Å². The molecule has 72 valence electrons. The first-order chi connectivity index (χ1) is 6.18. The van der Waals surface area contributed by atoms with Crippen molar-refractivity contribution in [1.82, 2.24) is 21.5 Å². The second-order valence-electron chi connectivity index (χ2n) is 2.46. The fourth-order valence-electron chi connectivity index (χ4n) is 0.775. The van der Waals surface area contributed by atoms with Crippen molar-refractivity contribution in [3.8, 4) is 0 Å². The van der Waals surface area contributed by atoms with Gasteiger partial charge in [0, 0.05) is 13.0 Å². The maximum Gasteiger partial charge on any atom is 0.321 e. The van der Waals surface area contributed by atoms with Crippen molar-refractivity contribution in [1.29, 1.82) is 0 Å². The van der Waals surface area contributed by atoms with E-state index < -0.39 is 6.03 Å². The van der Waals surface area contributed by atoms with Crippen LogP contribution in [0.25, 0.3) is 0 Å². The number of nitrogens with one attached hydrogen (secondary N) is 4. The third kappa shape index (κ3) is 3.52. The molecule has 0 aromatic carbocycles. The van der Waals surface area contributed by atoms with E-state index in [0.717, 1.165) is 6.54 Å². The Bertz CT molecular complexity index is 218. The van der Waals surface area contributed by atoms with E-state index in [4.69, 9.17) is 0 Å². The first-order valence-corrected chi connectivity index (χ1v) is 3.78. The fourth-order valence-corrected chi connectivity index (χ4v) is 0.775. The van der Waals surface area contributed by atoms with Gasteiger partial charge in [0.25, 0.3) is 0 Å². The number of carbonyl (C=O) groups is 3. The summed E-state index contributed by atoms with van der Waals surface area (Å²) in [6.07, 6.45) is 0.625. The Morgan fingerprint density at radius 3 is 2.00 bits per heavy atom. The minimum atomic E-state index is -0.398. The Balaban J connectivity index is 0.000000132. The second kappa shape index (κ2) is 4.41. The van der Waals surface area contributed by atoms with Gasteiger partial charge in [-0.15, -0.1) is 0 Å². The lowest BCUT2D eigenvalue weighted by molar-refractivity contribution is -0.119. The fraction of sp³-hybridized carbons (Fsp3) is 0.500. The van der Waals surface area contributed by atoms with E-state index in [1.54, 1.807) is 0 Å². The summed E-state index contributed by atoms with van der Waals surface area (Å²) in [5, 5.41) is 4.30. The molecular weight excluding hydrogens is 176 g/mol. The summed E-state index contributed by atoms with van der Waals surface area (Å²) in [6.45, 7) is 0.900. The van der Waals surface area contributed by atoms with E-state index in [2.05, 4.69) is 16.2 Å². The molecule has 0 unspecified atom stereocenters. The maximum absolute atomic E-state index is 10.1. The van der Waals surface area contributed by atoms with Crippen LogP contribution in [0, 0.1) is 0 Å². The van der Waals surface area contributed by atoms with Crippen LogP contribution in [0.2, 0.25) is 0 Å². The molecule has 0 spiro atoms. The van der Waals surface area contributed by atoms with Crippen LogP contribution >= 0.6 is 0 Å². The van der Waals surface area contributed by atoms with Gasteiger partial charge in [-0.3, -0.25) is 20.3 Å². The largest absolute Gasteiger partial charge is 0.329 e. The Morgan fingerprint density at radius 2 is 1.85 bits per heavy atom. The quantitative estimate of drug-likeness (QED) is 0.324. The van der Waals surface area contributed by atoms with Crippen molar-refractivity contribution >= 4 is 17.8 Å². The predicted octanol–water partition coefficient (Wildman–Crippen LogP) is -2.16. The SMILES string of the molecule is O=C1CCNN1.O=C1CNC(=O)N1. The van der Waals surface area contributed by atoms with Gasteiger partial charge >= 0.3 is 6.03 Å². The van der Waals surface area contributed by atoms with Gasteiger partial charge in [0.1, 0.15) is 0 Å². The first-order valence-electron chi connectivity index (χ1n) is 3.78. The molecular formula is C6H10N4O3. The van der Waals surface area contributed by atoms with Gasteiger partial charge in [-0.25, -0.2) is 10.2 Å². The van der Waals surface area contributed by atoms with Crippen molar-refractivity contribution in [2.45, 2.75) is 6.42 Å². The second-order valence-corrected chi connectivity index (χ2v) is 2.46. The number of hydrogen-bond donors (Lipinski definition) is 4. The molecule has 2 saturated heterocycles. The van der Waals surface area contributed by atoms with Crippen LogP contribution in [0.3, 0.4) is 0 Å². The van der Waals surface area contributed by atoms with Crippen LogP contribution in [-0.2, 0) is 9.59 Å². The third-order valence-corrected chi connectivity index (χ3v) is 1.37. The highest BCUT2D eigenvalue weighted by atomic mass is 16.2. The van der Waals surface area contributed by atoms with Crippen LogP contribution in [0.4, 0.5) is 4.79 Å². The molecule has 2 fully saturated rings. The number of urea groups is 1. The molecule has 2 aliphatic heterocycles. The van der Waals surface area contributed by atoms with Gasteiger partial charge in [-0.05, 0) is 0 Å². The van der Waals surface area contributed by atoms with Crippen molar-refractivity contribution < 1.29 is 14.4 Å². The third-order valence-electron chi connectivity index (χ3n) is 1.37. The summed E-state index contributed by atoms with van der Waals surface area (Å²) in [5.74, 6) is -0.167. The molecule has 0 radical (unpaired) electrons. The van der Waals surface area contributed by atoms with Crippen molar-refractivity contribution in [2.24, 2.45) is 0 Å². The molecule has 0 bridgehead atoms. The molecule has 13 heavy (non-hydrogen) atoms. The number of carbonyl (C=O) groups excluding carboxylic acids is 3. The van der Waals surface area contributed by atoms with Gasteiger partial charge in [0.15, 0.2) is 0 Å². The highest BCUT2D eigenvalue weighted by Crippen LogP contribution is 1.79. The van der Waals surface area contributed by atoms with E-state index >= 15 is 0 Å². The number of rotatable bonds is 0. The zero-order valence-electron chi connectivity index (χ0n) is 6.85. The van der Waals surface area contributed by atoms with Crippen LogP contribution in [0.1, 0.15) is 6.42 Å². The number of hydrazine groups is 1. The van der Waals surface area contributed by atoms with Crippen LogP contribution in [0.15, 0.2) is 0 Å². The van der Waals surface area contributed by atoms with Gasteiger partial charge in [-0.2, -0.15) is 0 Å². The molecule has 0 aromatic rings. The molecule has 2 rings (SSSR count). The lowest BCUT2D eigenvalue weighted by Gasteiger charge is -1.83.